The lowest BCUT2D eigenvalue weighted by Gasteiger charge is -2.34. The predicted molar refractivity (Wildman–Crippen MR) is 93.2 cm³/mol. The highest BCUT2D eigenvalue weighted by atomic mass is 79.9. The second-order valence-corrected chi connectivity index (χ2v) is 8.01. The third-order valence-corrected chi connectivity index (χ3v) is 3.84. The van der Waals surface area contributed by atoms with Gasteiger partial charge in [0, 0.05) is 21.2 Å². The first-order chi connectivity index (χ1) is 10.4. The van der Waals surface area contributed by atoms with Crippen molar-refractivity contribution in [2.45, 2.75) is 52.3 Å². The van der Waals surface area contributed by atoms with E-state index in [0.717, 1.165) is 0 Å². The summed E-state index contributed by atoms with van der Waals surface area (Å²) in [5.74, 6) is -1.18. The van der Waals surface area contributed by atoms with E-state index in [-0.39, 0.29) is 11.7 Å². The maximum absolute atomic E-state index is 12.5. The molecule has 8 heteroatoms. The first-order valence-electron chi connectivity index (χ1n) is 6.99. The first-order valence-corrected chi connectivity index (χ1v) is 8.57. The average Bonchev–Trinajstić information content (AvgIpc) is 2.33. The number of carbonyl (C=O) groups excluding carboxylic acids is 1. The van der Waals surface area contributed by atoms with E-state index >= 15 is 0 Å². The molecule has 1 amide bonds. The van der Waals surface area contributed by atoms with Crippen LogP contribution in [0, 0.1) is 0 Å². The number of nitrogens with zero attached hydrogens (tertiary/aromatic N) is 2. The highest BCUT2D eigenvalue weighted by Gasteiger charge is 2.38. The monoisotopic (exact) mass is 450 g/mol. The number of ether oxygens (including phenoxy) is 1. The quantitative estimate of drug-likeness (QED) is 0.734. The zero-order chi connectivity index (χ0) is 17.9. The van der Waals surface area contributed by atoms with E-state index < -0.39 is 23.7 Å². The third-order valence-electron chi connectivity index (χ3n) is 2.77. The lowest BCUT2D eigenvalue weighted by Crippen LogP contribution is -2.46. The second kappa shape index (κ2) is 7.61. The van der Waals surface area contributed by atoms with Crippen LogP contribution in [0.25, 0.3) is 0 Å². The van der Waals surface area contributed by atoms with E-state index in [2.05, 4.69) is 36.8 Å². The summed E-state index contributed by atoms with van der Waals surface area (Å²) in [6.45, 7) is 8.65. The summed E-state index contributed by atoms with van der Waals surface area (Å²) in [7, 11) is 0. The molecule has 0 radical (unpaired) electrons. The van der Waals surface area contributed by atoms with E-state index in [9.17, 15) is 14.7 Å². The van der Waals surface area contributed by atoms with Crippen molar-refractivity contribution in [3.05, 3.63) is 26.9 Å². The summed E-state index contributed by atoms with van der Waals surface area (Å²) < 4.78 is 6.54. The Morgan fingerprint density at radius 1 is 1.30 bits per heavy atom. The van der Waals surface area contributed by atoms with E-state index in [1.54, 1.807) is 40.7 Å². The van der Waals surface area contributed by atoms with Gasteiger partial charge in [-0.15, -0.1) is 0 Å². The minimum atomic E-state index is -1.26. The summed E-state index contributed by atoms with van der Waals surface area (Å²) in [5, 5.41) is 9.66. The fourth-order valence-corrected chi connectivity index (χ4v) is 3.13. The van der Waals surface area contributed by atoms with Gasteiger partial charge >= 0.3 is 12.1 Å². The summed E-state index contributed by atoms with van der Waals surface area (Å²) >= 11 is 6.58. The molecule has 1 heterocycles. The summed E-state index contributed by atoms with van der Waals surface area (Å²) in [5.41, 5.74) is -0.488. The highest BCUT2D eigenvalue weighted by Crippen LogP contribution is 2.31. The molecule has 0 fully saturated rings. The van der Waals surface area contributed by atoms with E-state index in [4.69, 9.17) is 4.74 Å². The van der Waals surface area contributed by atoms with Crippen molar-refractivity contribution in [1.29, 1.82) is 0 Å². The van der Waals surface area contributed by atoms with Gasteiger partial charge in [-0.1, -0.05) is 0 Å². The van der Waals surface area contributed by atoms with Crippen LogP contribution in [0.1, 0.15) is 46.4 Å². The molecule has 0 bridgehead atoms. The van der Waals surface area contributed by atoms with Gasteiger partial charge in [0.25, 0.3) is 0 Å². The Morgan fingerprint density at radius 2 is 1.87 bits per heavy atom. The van der Waals surface area contributed by atoms with Crippen molar-refractivity contribution < 1.29 is 19.4 Å². The molecule has 0 saturated carbocycles. The van der Waals surface area contributed by atoms with Crippen LogP contribution in [0.3, 0.4) is 0 Å². The SMILES string of the molecule is CC(C)N(C(=O)OC(C)(C)C)C(C(=O)O)c1ncc(Br)cc1Br. The number of carboxylic acid groups (broad SMARTS) is 1. The van der Waals surface area contributed by atoms with Gasteiger partial charge in [-0.25, -0.2) is 9.59 Å². The normalized spacial score (nSPS) is 12.9. The number of carbonyl (C=O) groups is 2. The molecule has 23 heavy (non-hydrogen) atoms. The van der Waals surface area contributed by atoms with Crippen LogP contribution in [-0.2, 0) is 9.53 Å². The zero-order valence-corrected chi connectivity index (χ0v) is 16.8. The molecule has 128 valence electrons. The number of halogens is 2. The molecular weight excluding hydrogens is 432 g/mol. The molecule has 0 spiro atoms. The Morgan fingerprint density at radius 3 is 2.26 bits per heavy atom. The number of hydrogen-bond acceptors (Lipinski definition) is 4. The molecule has 0 aliphatic rings. The van der Waals surface area contributed by atoms with Gasteiger partial charge in [-0.3, -0.25) is 9.88 Å². The second-order valence-electron chi connectivity index (χ2n) is 6.24. The Labute approximate surface area is 152 Å². The van der Waals surface area contributed by atoms with Gasteiger partial charge < -0.3 is 9.84 Å². The van der Waals surface area contributed by atoms with Gasteiger partial charge in [0.1, 0.15) is 5.60 Å². The number of aromatic nitrogens is 1. The Hall–Kier alpha value is -1.15. The number of hydrogen-bond donors (Lipinski definition) is 1. The highest BCUT2D eigenvalue weighted by molar-refractivity contribution is 9.11. The predicted octanol–water partition coefficient (Wildman–Crippen LogP) is 4.38. The van der Waals surface area contributed by atoms with Crippen molar-refractivity contribution in [2.24, 2.45) is 0 Å². The van der Waals surface area contributed by atoms with E-state index in [0.29, 0.717) is 8.95 Å². The fourth-order valence-electron chi connectivity index (χ4n) is 1.92. The molecule has 1 atom stereocenters. The lowest BCUT2D eigenvalue weighted by molar-refractivity contribution is -0.144. The molecule has 0 aromatic carbocycles. The van der Waals surface area contributed by atoms with Crippen LogP contribution < -0.4 is 0 Å². The maximum atomic E-state index is 12.5. The van der Waals surface area contributed by atoms with Crippen LogP contribution >= 0.6 is 31.9 Å². The summed E-state index contributed by atoms with van der Waals surface area (Å²) in [4.78, 5) is 29.6. The molecule has 1 rings (SSSR count). The molecule has 0 aliphatic carbocycles. The molecule has 1 unspecified atom stereocenters. The largest absolute Gasteiger partial charge is 0.479 e. The number of carboxylic acids is 1. The van der Waals surface area contributed by atoms with Crippen molar-refractivity contribution in [3.63, 3.8) is 0 Å². The number of pyridine rings is 1. The fraction of sp³-hybridized carbons (Fsp3) is 0.533. The van der Waals surface area contributed by atoms with Gasteiger partial charge in [-0.2, -0.15) is 0 Å². The minimum Gasteiger partial charge on any atom is -0.479 e. The van der Waals surface area contributed by atoms with Gasteiger partial charge in [0.2, 0.25) is 0 Å². The van der Waals surface area contributed by atoms with Crippen LogP contribution in [0.4, 0.5) is 4.79 Å². The molecular formula is C15H20Br2N2O4. The molecule has 0 saturated heterocycles. The van der Waals surface area contributed by atoms with Crippen molar-refractivity contribution in [1.82, 2.24) is 9.88 Å². The zero-order valence-electron chi connectivity index (χ0n) is 13.6. The minimum absolute atomic E-state index is 0.236. The number of amides is 1. The third kappa shape index (κ3) is 5.46. The summed E-state index contributed by atoms with van der Waals surface area (Å²) in [6.07, 6.45) is 0.792. The smallest absolute Gasteiger partial charge is 0.411 e. The molecule has 6 nitrogen and oxygen atoms in total. The van der Waals surface area contributed by atoms with E-state index in [1.807, 2.05) is 0 Å². The first kappa shape index (κ1) is 19.9. The Balaban J connectivity index is 3.33. The van der Waals surface area contributed by atoms with Crippen molar-refractivity contribution in [3.8, 4) is 0 Å². The topological polar surface area (TPSA) is 79.7 Å². The number of rotatable bonds is 4. The van der Waals surface area contributed by atoms with E-state index in [1.165, 1.54) is 11.1 Å². The van der Waals surface area contributed by atoms with Crippen LogP contribution in [-0.4, -0.2) is 38.7 Å². The Bertz CT molecular complexity index is 600. The van der Waals surface area contributed by atoms with Crippen molar-refractivity contribution in [2.75, 3.05) is 0 Å². The van der Waals surface area contributed by atoms with Gasteiger partial charge in [0.05, 0.1) is 5.69 Å². The maximum Gasteiger partial charge on any atom is 0.411 e. The number of aliphatic carboxylic acids is 1. The van der Waals surface area contributed by atoms with Crippen LogP contribution in [0.2, 0.25) is 0 Å². The van der Waals surface area contributed by atoms with Gasteiger partial charge in [-0.05, 0) is 72.5 Å². The van der Waals surface area contributed by atoms with Crippen LogP contribution in [0.15, 0.2) is 21.2 Å². The lowest BCUT2D eigenvalue weighted by atomic mass is 10.1. The average molecular weight is 452 g/mol. The molecule has 1 N–H and O–H groups in total. The van der Waals surface area contributed by atoms with Crippen LogP contribution in [0.5, 0.6) is 0 Å². The standard InChI is InChI=1S/C15H20Br2N2O4/c1-8(2)19(14(22)23-15(3,4)5)12(13(20)21)11-10(17)6-9(16)7-18-11/h6-8,12H,1-5H3,(H,20,21). The molecule has 0 aliphatic heterocycles. The van der Waals surface area contributed by atoms with Gasteiger partial charge in [0.15, 0.2) is 6.04 Å². The summed E-state index contributed by atoms with van der Waals surface area (Å²) in [6, 6.07) is 0.0434. The van der Waals surface area contributed by atoms with Crippen molar-refractivity contribution >= 4 is 43.9 Å². The Kier molecular flexibility index (Phi) is 6.59. The molecule has 1 aromatic rings. The molecule has 1 aromatic heterocycles.